The zero-order chi connectivity index (χ0) is 9.14. The summed E-state index contributed by atoms with van der Waals surface area (Å²) >= 11 is -2.66. The Morgan fingerprint density at radius 2 is 2.17 bits per heavy atom. The first kappa shape index (κ1) is 9.09. The van der Waals surface area contributed by atoms with E-state index < -0.39 is 16.2 Å². The van der Waals surface area contributed by atoms with Gasteiger partial charge in [-0.2, -0.15) is 0 Å². The van der Waals surface area contributed by atoms with E-state index in [4.69, 9.17) is 0 Å². The van der Waals surface area contributed by atoms with Crippen LogP contribution >= 0.6 is 0 Å². The highest BCUT2D eigenvalue weighted by Crippen LogP contribution is 2.05. The van der Waals surface area contributed by atoms with Gasteiger partial charge in [-0.25, -0.2) is 0 Å². The lowest BCUT2D eigenvalue weighted by Crippen LogP contribution is -2.06. The molecular weight excluding hydrogens is 176 g/mol. The summed E-state index contributed by atoms with van der Waals surface area (Å²) in [6, 6.07) is 6.46. The van der Waals surface area contributed by atoms with Crippen molar-refractivity contribution in [2.24, 2.45) is 0 Å². The fraction of sp³-hybridized carbons (Fsp3) is 0.125. The van der Waals surface area contributed by atoms with Crippen LogP contribution in [-0.2, 0) is 11.1 Å². The SMILES string of the molecule is Cc1cccc(C(=O)S(=O)[O-])c1. The molecule has 0 amide bonds. The summed E-state index contributed by atoms with van der Waals surface area (Å²) in [4.78, 5) is 10.9. The Hall–Kier alpha value is -1.00. The molecule has 1 unspecified atom stereocenters. The van der Waals surface area contributed by atoms with E-state index in [0.29, 0.717) is 0 Å². The maximum absolute atomic E-state index is 10.9. The van der Waals surface area contributed by atoms with Crippen molar-refractivity contribution in [3.63, 3.8) is 0 Å². The third-order valence-electron chi connectivity index (χ3n) is 1.41. The van der Waals surface area contributed by atoms with Crippen LogP contribution in [0.1, 0.15) is 15.9 Å². The number of hydrogen-bond acceptors (Lipinski definition) is 3. The number of carbonyl (C=O) groups excluding carboxylic acids is 1. The van der Waals surface area contributed by atoms with Gasteiger partial charge in [0, 0.05) is 16.6 Å². The lowest BCUT2D eigenvalue weighted by Gasteiger charge is -2.03. The molecule has 0 aliphatic heterocycles. The van der Waals surface area contributed by atoms with Crippen LogP contribution in [0.3, 0.4) is 0 Å². The Labute approximate surface area is 72.7 Å². The van der Waals surface area contributed by atoms with Gasteiger partial charge in [0.15, 0.2) is 0 Å². The molecule has 0 radical (unpaired) electrons. The Bertz CT molecular complexity index is 333. The van der Waals surface area contributed by atoms with E-state index in [1.165, 1.54) is 12.1 Å². The minimum absolute atomic E-state index is 0.211. The van der Waals surface area contributed by atoms with E-state index in [0.717, 1.165) is 5.56 Å². The molecule has 0 fully saturated rings. The van der Waals surface area contributed by atoms with E-state index in [2.05, 4.69) is 0 Å². The molecule has 0 bridgehead atoms. The molecule has 1 atom stereocenters. The molecule has 0 aliphatic carbocycles. The summed E-state index contributed by atoms with van der Waals surface area (Å²) in [5, 5.41) is -0.862. The van der Waals surface area contributed by atoms with Crippen molar-refractivity contribution in [2.45, 2.75) is 6.92 Å². The third kappa shape index (κ3) is 1.99. The predicted octanol–water partition coefficient (Wildman–Crippen LogP) is 1.01. The van der Waals surface area contributed by atoms with Crippen molar-refractivity contribution in [3.05, 3.63) is 35.4 Å². The number of rotatable bonds is 1. The van der Waals surface area contributed by atoms with E-state index in [9.17, 15) is 13.6 Å². The molecule has 0 saturated heterocycles. The molecule has 0 aliphatic rings. The lowest BCUT2D eigenvalue weighted by atomic mass is 10.2. The maximum atomic E-state index is 10.9. The second-order valence-corrected chi connectivity index (χ2v) is 3.23. The van der Waals surface area contributed by atoms with Crippen LogP contribution < -0.4 is 0 Å². The molecule has 0 spiro atoms. The summed E-state index contributed by atoms with van der Waals surface area (Å²) in [5.41, 5.74) is 1.08. The summed E-state index contributed by atoms with van der Waals surface area (Å²) in [6.07, 6.45) is 0. The number of hydrogen-bond donors (Lipinski definition) is 0. The highest BCUT2D eigenvalue weighted by Gasteiger charge is 2.04. The molecule has 0 heterocycles. The van der Waals surface area contributed by atoms with Crippen molar-refractivity contribution in [3.8, 4) is 0 Å². The number of aryl methyl sites for hydroxylation is 1. The van der Waals surface area contributed by atoms with Crippen molar-refractivity contribution < 1.29 is 13.6 Å². The molecule has 64 valence electrons. The van der Waals surface area contributed by atoms with Crippen LogP contribution in [0.4, 0.5) is 0 Å². The molecule has 1 rings (SSSR count). The minimum Gasteiger partial charge on any atom is -0.766 e. The van der Waals surface area contributed by atoms with Crippen LogP contribution in [0.25, 0.3) is 0 Å². The van der Waals surface area contributed by atoms with Gasteiger partial charge in [0.1, 0.15) is 0 Å². The van der Waals surface area contributed by atoms with Crippen LogP contribution in [0.15, 0.2) is 24.3 Å². The average Bonchev–Trinajstić information content (AvgIpc) is 2.03. The quantitative estimate of drug-likeness (QED) is 0.610. The lowest BCUT2D eigenvalue weighted by molar-refractivity contribution is 0.107. The van der Waals surface area contributed by atoms with Gasteiger partial charge >= 0.3 is 0 Å². The molecule has 1 aromatic rings. The first-order chi connectivity index (χ1) is 5.61. The first-order valence-corrected chi connectivity index (χ1v) is 4.39. The maximum Gasteiger partial charge on any atom is 0.236 e. The van der Waals surface area contributed by atoms with Crippen LogP contribution in [-0.4, -0.2) is 13.9 Å². The van der Waals surface area contributed by atoms with E-state index in [1.54, 1.807) is 19.1 Å². The molecule has 0 N–H and O–H groups in total. The number of carbonyl (C=O) groups is 1. The van der Waals surface area contributed by atoms with E-state index >= 15 is 0 Å². The molecule has 1 aromatic carbocycles. The smallest absolute Gasteiger partial charge is 0.236 e. The Kier molecular flexibility index (Phi) is 2.73. The van der Waals surface area contributed by atoms with Crippen molar-refractivity contribution in [1.82, 2.24) is 0 Å². The minimum atomic E-state index is -2.66. The molecule has 12 heavy (non-hydrogen) atoms. The zero-order valence-corrected chi connectivity index (χ0v) is 7.26. The largest absolute Gasteiger partial charge is 0.766 e. The monoisotopic (exact) mass is 183 g/mol. The van der Waals surface area contributed by atoms with Gasteiger partial charge in [0.2, 0.25) is 5.12 Å². The summed E-state index contributed by atoms with van der Waals surface area (Å²) in [5.74, 6) is 0. The fourth-order valence-corrected chi connectivity index (χ4v) is 1.19. The van der Waals surface area contributed by atoms with Crippen molar-refractivity contribution in [2.75, 3.05) is 0 Å². The first-order valence-electron chi connectivity index (χ1n) is 3.31. The predicted molar refractivity (Wildman–Crippen MR) is 44.4 cm³/mol. The third-order valence-corrected chi connectivity index (χ3v) is 1.94. The van der Waals surface area contributed by atoms with Gasteiger partial charge in [0.05, 0.1) is 0 Å². The topological polar surface area (TPSA) is 57.2 Å². The average molecular weight is 183 g/mol. The standard InChI is InChI=1S/C8H8O3S/c1-6-3-2-4-7(5-6)8(9)12(10)11/h2-5H,1H3,(H,10,11)/p-1. The van der Waals surface area contributed by atoms with Gasteiger partial charge in [-0.1, -0.05) is 23.8 Å². The zero-order valence-electron chi connectivity index (χ0n) is 6.44. The summed E-state index contributed by atoms with van der Waals surface area (Å²) < 4.78 is 20.5. The van der Waals surface area contributed by atoms with Gasteiger partial charge in [0.25, 0.3) is 0 Å². The van der Waals surface area contributed by atoms with E-state index in [1.807, 2.05) is 0 Å². The second kappa shape index (κ2) is 3.60. The fourth-order valence-electron chi connectivity index (χ4n) is 0.868. The normalized spacial score (nSPS) is 12.5. The van der Waals surface area contributed by atoms with Crippen LogP contribution in [0.5, 0.6) is 0 Å². The molecular formula is C8H7O3S-. The Balaban J connectivity index is 3.04. The molecule has 4 heteroatoms. The second-order valence-electron chi connectivity index (χ2n) is 2.39. The number of benzene rings is 1. The highest BCUT2D eigenvalue weighted by atomic mass is 32.2. The van der Waals surface area contributed by atoms with Gasteiger partial charge < -0.3 is 4.55 Å². The molecule has 3 nitrogen and oxygen atoms in total. The summed E-state index contributed by atoms with van der Waals surface area (Å²) in [6.45, 7) is 1.80. The van der Waals surface area contributed by atoms with Crippen LogP contribution in [0.2, 0.25) is 0 Å². The van der Waals surface area contributed by atoms with Crippen molar-refractivity contribution in [1.29, 1.82) is 0 Å². The van der Waals surface area contributed by atoms with Crippen molar-refractivity contribution >= 4 is 16.2 Å². The van der Waals surface area contributed by atoms with Gasteiger partial charge in [-0.15, -0.1) is 0 Å². The van der Waals surface area contributed by atoms with Gasteiger partial charge in [-0.05, 0) is 13.0 Å². The summed E-state index contributed by atoms with van der Waals surface area (Å²) in [7, 11) is 0. The highest BCUT2D eigenvalue weighted by molar-refractivity contribution is 7.95. The van der Waals surface area contributed by atoms with Crippen LogP contribution in [0, 0.1) is 6.92 Å². The Morgan fingerprint density at radius 1 is 1.50 bits per heavy atom. The molecule has 0 aromatic heterocycles. The molecule has 0 saturated carbocycles. The van der Waals surface area contributed by atoms with Gasteiger partial charge in [-0.3, -0.25) is 9.00 Å². The van der Waals surface area contributed by atoms with E-state index in [-0.39, 0.29) is 5.56 Å². The Morgan fingerprint density at radius 3 is 2.67 bits per heavy atom.